The number of nitrogens with two attached hydrogens (primary N) is 2. The van der Waals surface area contributed by atoms with Crippen molar-refractivity contribution in [2.24, 2.45) is 11.5 Å². The SMILES string of the molecule is COCCC(N)c1cnc2cc(CN)c(-c3ccc(Cl)cc3C)cn12. The molecular formula is C19H23ClN4O. The first-order valence-corrected chi connectivity index (χ1v) is 8.64. The van der Waals surface area contributed by atoms with Crippen molar-refractivity contribution in [3.05, 3.63) is 58.5 Å². The fraction of sp³-hybridized carbons (Fsp3) is 0.316. The minimum Gasteiger partial charge on any atom is -0.385 e. The van der Waals surface area contributed by atoms with Crippen LogP contribution >= 0.6 is 11.6 Å². The lowest BCUT2D eigenvalue weighted by Gasteiger charge is -2.15. The van der Waals surface area contributed by atoms with E-state index in [0.717, 1.165) is 45.0 Å². The van der Waals surface area contributed by atoms with E-state index in [1.165, 1.54) is 0 Å². The van der Waals surface area contributed by atoms with Gasteiger partial charge in [0.15, 0.2) is 0 Å². The second-order valence-electron chi connectivity index (χ2n) is 6.17. The Morgan fingerprint density at radius 1 is 1.28 bits per heavy atom. The molecule has 25 heavy (non-hydrogen) atoms. The lowest BCUT2D eigenvalue weighted by Crippen LogP contribution is -2.15. The first-order chi connectivity index (χ1) is 12.0. The molecule has 0 aliphatic heterocycles. The van der Waals surface area contributed by atoms with Crippen LogP contribution in [-0.2, 0) is 11.3 Å². The van der Waals surface area contributed by atoms with E-state index < -0.39 is 0 Å². The van der Waals surface area contributed by atoms with Gasteiger partial charge in [0.25, 0.3) is 0 Å². The van der Waals surface area contributed by atoms with Crippen molar-refractivity contribution in [1.29, 1.82) is 0 Å². The second-order valence-corrected chi connectivity index (χ2v) is 6.61. The molecule has 0 saturated carbocycles. The number of rotatable bonds is 6. The van der Waals surface area contributed by atoms with E-state index in [0.29, 0.717) is 13.2 Å². The number of imidazole rings is 1. The fourth-order valence-corrected chi connectivity index (χ4v) is 3.32. The third-order valence-corrected chi connectivity index (χ3v) is 4.71. The van der Waals surface area contributed by atoms with E-state index in [9.17, 15) is 0 Å². The third-order valence-electron chi connectivity index (χ3n) is 4.47. The number of benzene rings is 1. The van der Waals surface area contributed by atoms with Crippen LogP contribution in [0.15, 0.2) is 36.7 Å². The average Bonchev–Trinajstić information content (AvgIpc) is 3.01. The summed E-state index contributed by atoms with van der Waals surface area (Å²) in [6, 6.07) is 7.77. The molecule has 0 radical (unpaired) electrons. The van der Waals surface area contributed by atoms with Crippen molar-refractivity contribution in [3.8, 4) is 11.1 Å². The predicted molar refractivity (Wildman–Crippen MR) is 102 cm³/mol. The largest absolute Gasteiger partial charge is 0.385 e. The number of ether oxygens (including phenoxy) is 1. The first kappa shape index (κ1) is 17.9. The molecule has 1 unspecified atom stereocenters. The third kappa shape index (κ3) is 3.55. The van der Waals surface area contributed by atoms with Gasteiger partial charge in [0, 0.05) is 43.1 Å². The Hall–Kier alpha value is -1.92. The van der Waals surface area contributed by atoms with Crippen molar-refractivity contribution in [1.82, 2.24) is 9.38 Å². The fourth-order valence-electron chi connectivity index (χ4n) is 3.09. The van der Waals surface area contributed by atoms with Gasteiger partial charge in [0.05, 0.1) is 11.9 Å². The molecule has 0 bridgehead atoms. The zero-order valence-corrected chi connectivity index (χ0v) is 15.3. The summed E-state index contributed by atoms with van der Waals surface area (Å²) in [5.41, 5.74) is 18.4. The maximum Gasteiger partial charge on any atom is 0.137 e. The lowest BCUT2D eigenvalue weighted by atomic mass is 9.97. The van der Waals surface area contributed by atoms with Gasteiger partial charge in [-0.2, -0.15) is 0 Å². The minimum atomic E-state index is -0.141. The standard InChI is InChI=1S/C19H23ClN4O/c1-12-7-14(20)3-4-15(12)16-11-24-18(17(22)5-6-25-2)10-23-19(24)8-13(16)9-21/h3-4,7-8,10-11,17H,5-6,9,21-22H2,1-2H3. The summed E-state index contributed by atoms with van der Waals surface area (Å²) < 4.78 is 7.18. The Labute approximate surface area is 152 Å². The number of aryl methyl sites for hydroxylation is 1. The monoisotopic (exact) mass is 358 g/mol. The van der Waals surface area contributed by atoms with E-state index in [2.05, 4.69) is 11.2 Å². The van der Waals surface area contributed by atoms with Crippen LogP contribution in [0.25, 0.3) is 16.8 Å². The van der Waals surface area contributed by atoms with E-state index in [4.69, 9.17) is 27.8 Å². The molecule has 2 heterocycles. The molecule has 3 rings (SSSR count). The first-order valence-electron chi connectivity index (χ1n) is 8.26. The molecule has 1 atom stereocenters. The van der Waals surface area contributed by atoms with Crippen LogP contribution in [-0.4, -0.2) is 23.1 Å². The van der Waals surface area contributed by atoms with E-state index in [-0.39, 0.29) is 6.04 Å². The summed E-state index contributed by atoms with van der Waals surface area (Å²) in [5, 5.41) is 0.724. The smallest absolute Gasteiger partial charge is 0.137 e. The molecule has 0 saturated heterocycles. The topological polar surface area (TPSA) is 78.6 Å². The molecule has 2 aromatic heterocycles. The molecule has 1 aromatic carbocycles. The van der Waals surface area contributed by atoms with Crippen LogP contribution in [0, 0.1) is 6.92 Å². The van der Waals surface area contributed by atoms with Crippen molar-refractivity contribution < 1.29 is 4.74 Å². The Balaban J connectivity index is 2.14. The maximum absolute atomic E-state index is 6.32. The maximum atomic E-state index is 6.32. The van der Waals surface area contributed by atoms with Crippen molar-refractivity contribution in [2.45, 2.75) is 25.9 Å². The van der Waals surface area contributed by atoms with Crippen LogP contribution < -0.4 is 11.5 Å². The molecule has 0 amide bonds. The summed E-state index contributed by atoms with van der Waals surface area (Å²) in [6.07, 6.45) is 4.63. The van der Waals surface area contributed by atoms with Gasteiger partial charge in [-0.25, -0.2) is 4.98 Å². The average molecular weight is 359 g/mol. The van der Waals surface area contributed by atoms with Gasteiger partial charge >= 0.3 is 0 Å². The van der Waals surface area contributed by atoms with Gasteiger partial charge in [-0.15, -0.1) is 0 Å². The summed E-state index contributed by atoms with van der Waals surface area (Å²) in [7, 11) is 1.68. The number of hydrogen-bond donors (Lipinski definition) is 2. The molecule has 4 N–H and O–H groups in total. The van der Waals surface area contributed by atoms with Crippen molar-refractivity contribution >= 4 is 17.2 Å². The lowest BCUT2D eigenvalue weighted by molar-refractivity contribution is 0.187. The Kier molecular flexibility index (Phi) is 5.39. The predicted octanol–water partition coefficient (Wildman–Crippen LogP) is 3.46. The van der Waals surface area contributed by atoms with E-state index in [1.807, 2.05) is 41.8 Å². The summed E-state index contributed by atoms with van der Waals surface area (Å²) in [6.45, 7) is 3.09. The van der Waals surface area contributed by atoms with E-state index in [1.54, 1.807) is 7.11 Å². The Morgan fingerprint density at radius 3 is 2.76 bits per heavy atom. The van der Waals surface area contributed by atoms with Crippen LogP contribution in [0.3, 0.4) is 0 Å². The van der Waals surface area contributed by atoms with Gasteiger partial charge in [0.1, 0.15) is 5.65 Å². The molecule has 0 fully saturated rings. The zero-order valence-electron chi connectivity index (χ0n) is 14.5. The quantitative estimate of drug-likeness (QED) is 0.707. The molecule has 0 spiro atoms. The van der Waals surface area contributed by atoms with Crippen molar-refractivity contribution in [2.75, 3.05) is 13.7 Å². The Bertz CT molecular complexity index is 891. The minimum absolute atomic E-state index is 0.141. The van der Waals surface area contributed by atoms with Gasteiger partial charge in [0.2, 0.25) is 0 Å². The van der Waals surface area contributed by atoms with Gasteiger partial charge in [-0.3, -0.25) is 0 Å². The number of hydrogen-bond acceptors (Lipinski definition) is 4. The molecule has 5 nitrogen and oxygen atoms in total. The molecule has 132 valence electrons. The van der Waals surface area contributed by atoms with Crippen LogP contribution in [0.1, 0.15) is 29.3 Å². The highest BCUT2D eigenvalue weighted by atomic mass is 35.5. The summed E-state index contributed by atoms with van der Waals surface area (Å²) >= 11 is 6.10. The summed E-state index contributed by atoms with van der Waals surface area (Å²) in [4.78, 5) is 4.49. The zero-order chi connectivity index (χ0) is 18.0. The molecule has 3 aromatic rings. The number of fused-ring (bicyclic) bond motifs is 1. The number of nitrogens with zero attached hydrogens (tertiary/aromatic N) is 2. The van der Waals surface area contributed by atoms with Crippen LogP contribution in [0.2, 0.25) is 5.02 Å². The molecule has 0 aliphatic rings. The van der Waals surface area contributed by atoms with E-state index >= 15 is 0 Å². The highest BCUT2D eigenvalue weighted by Crippen LogP contribution is 2.30. The highest BCUT2D eigenvalue weighted by molar-refractivity contribution is 6.30. The summed E-state index contributed by atoms with van der Waals surface area (Å²) in [5.74, 6) is 0. The van der Waals surface area contributed by atoms with Gasteiger partial charge < -0.3 is 20.6 Å². The molecule has 6 heteroatoms. The molecular weight excluding hydrogens is 336 g/mol. The Morgan fingerprint density at radius 2 is 2.08 bits per heavy atom. The second kappa shape index (κ2) is 7.54. The molecule has 0 aliphatic carbocycles. The normalized spacial score (nSPS) is 12.7. The number of halogens is 1. The van der Waals surface area contributed by atoms with Crippen LogP contribution in [0.4, 0.5) is 0 Å². The number of aromatic nitrogens is 2. The van der Waals surface area contributed by atoms with Crippen LogP contribution in [0.5, 0.6) is 0 Å². The number of pyridine rings is 1. The van der Waals surface area contributed by atoms with Gasteiger partial charge in [-0.1, -0.05) is 17.7 Å². The van der Waals surface area contributed by atoms with Crippen molar-refractivity contribution in [3.63, 3.8) is 0 Å². The number of methoxy groups -OCH3 is 1. The van der Waals surface area contributed by atoms with Gasteiger partial charge in [-0.05, 0) is 48.2 Å². The highest BCUT2D eigenvalue weighted by Gasteiger charge is 2.15.